The van der Waals surface area contributed by atoms with Gasteiger partial charge in [-0.15, -0.1) is 0 Å². The Balaban J connectivity index is 1.13. The van der Waals surface area contributed by atoms with Crippen LogP contribution in [0.4, 0.5) is 0 Å². The van der Waals surface area contributed by atoms with Gasteiger partial charge in [0.25, 0.3) is 0 Å². The van der Waals surface area contributed by atoms with E-state index in [1.54, 1.807) is 0 Å². The van der Waals surface area contributed by atoms with Crippen molar-refractivity contribution in [2.75, 3.05) is 0 Å². The third-order valence-corrected chi connectivity index (χ3v) is 11.1. The maximum Gasteiger partial charge on any atom is 0.143 e. The molecule has 2 aliphatic rings. The van der Waals surface area contributed by atoms with Gasteiger partial charge >= 0.3 is 0 Å². The number of rotatable bonds is 3. The van der Waals surface area contributed by atoms with E-state index in [9.17, 15) is 0 Å². The molecular weight excluding hydrogens is 593 g/mol. The fourth-order valence-corrected chi connectivity index (χ4v) is 9.15. The smallest absolute Gasteiger partial charge is 0.143 e. The Morgan fingerprint density at radius 3 is 1.71 bits per heavy atom. The molecule has 1 heterocycles. The standard InChI is InChI=1S/C48H30O/c1-2-13-31(14-3-1)40-29-32-15-4-5-17-34(32)45-39-21-12-16-33(46(39)49-47(40)45)27-30-25-26-38-37-20-8-11-24-43(37)48(44(38)28-30)41-22-9-6-18-35(41)36-19-7-10-23-42(36)48/h1-26,28-29H,27H2. The van der Waals surface area contributed by atoms with E-state index in [1.165, 1.54) is 82.7 Å². The van der Waals surface area contributed by atoms with Gasteiger partial charge in [0.05, 0.1) is 5.41 Å². The monoisotopic (exact) mass is 622 g/mol. The van der Waals surface area contributed by atoms with E-state index < -0.39 is 0 Å². The molecule has 8 aromatic carbocycles. The molecule has 0 aliphatic heterocycles. The number of furan rings is 1. The maximum atomic E-state index is 6.98. The number of benzene rings is 8. The molecular formula is C48H30O. The average molecular weight is 623 g/mol. The van der Waals surface area contributed by atoms with Crippen LogP contribution < -0.4 is 0 Å². The Bertz CT molecular complexity index is 2740. The summed E-state index contributed by atoms with van der Waals surface area (Å²) in [4.78, 5) is 0. The minimum atomic E-state index is -0.343. The summed E-state index contributed by atoms with van der Waals surface area (Å²) >= 11 is 0. The van der Waals surface area contributed by atoms with Gasteiger partial charge in [-0.05, 0) is 78.0 Å². The van der Waals surface area contributed by atoms with Crippen LogP contribution in [0.5, 0.6) is 0 Å². The van der Waals surface area contributed by atoms with Gasteiger partial charge in [0, 0.05) is 22.8 Å². The van der Waals surface area contributed by atoms with Crippen molar-refractivity contribution < 1.29 is 4.42 Å². The third kappa shape index (κ3) is 3.54. The van der Waals surface area contributed by atoms with Crippen molar-refractivity contribution in [2.24, 2.45) is 0 Å². The van der Waals surface area contributed by atoms with E-state index in [1.807, 2.05) is 0 Å². The Morgan fingerprint density at radius 2 is 1.00 bits per heavy atom. The van der Waals surface area contributed by atoms with E-state index >= 15 is 0 Å². The molecule has 0 amide bonds. The van der Waals surface area contributed by atoms with E-state index in [-0.39, 0.29) is 5.41 Å². The summed E-state index contributed by atoms with van der Waals surface area (Å²) < 4.78 is 6.98. The normalized spacial score (nSPS) is 13.6. The predicted octanol–water partition coefficient (Wildman–Crippen LogP) is 12.3. The predicted molar refractivity (Wildman–Crippen MR) is 202 cm³/mol. The maximum absolute atomic E-state index is 6.98. The first-order valence-corrected chi connectivity index (χ1v) is 17.1. The van der Waals surface area contributed by atoms with E-state index in [4.69, 9.17) is 4.42 Å². The van der Waals surface area contributed by atoms with Gasteiger partial charge in [0.15, 0.2) is 0 Å². The lowest BCUT2D eigenvalue weighted by atomic mass is 9.70. The Labute approximate surface area is 284 Å². The topological polar surface area (TPSA) is 13.1 Å². The van der Waals surface area contributed by atoms with Crippen LogP contribution >= 0.6 is 0 Å². The van der Waals surface area contributed by atoms with Crippen LogP contribution in [0.25, 0.3) is 66.1 Å². The van der Waals surface area contributed by atoms with Crippen molar-refractivity contribution in [3.63, 3.8) is 0 Å². The molecule has 0 N–H and O–H groups in total. The highest BCUT2D eigenvalue weighted by atomic mass is 16.3. The number of para-hydroxylation sites is 1. The molecule has 9 aromatic rings. The lowest BCUT2D eigenvalue weighted by Gasteiger charge is -2.30. The largest absolute Gasteiger partial charge is 0.455 e. The fraction of sp³-hybridized carbons (Fsp3) is 0.0417. The van der Waals surface area contributed by atoms with Gasteiger partial charge in [-0.2, -0.15) is 0 Å². The molecule has 0 fully saturated rings. The van der Waals surface area contributed by atoms with E-state index in [2.05, 4.69) is 170 Å². The van der Waals surface area contributed by atoms with Gasteiger partial charge in [-0.25, -0.2) is 0 Å². The third-order valence-electron chi connectivity index (χ3n) is 11.1. The highest BCUT2D eigenvalue weighted by Crippen LogP contribution is 2.62. The lowest BCUT2D eigenvalue weighted by molar-refractivity contribution is 0.665. The zero-order chi connectivity index (χ0) is 32.1. The first kappa shape index (κ1) is 26.8. The minimum Gasteiger partial charge on any atom is -0.455 e. The zero-order valence-corrected chi connectivity index (χ0v) is 26.8. The van der Waals surface area contributed by atoms with Crippen LogP contribution in [0.2, 0.25) is 0 Å². The molecule has 228 valence electrons. The Morgan fingerprint density at radius 1 is 0.408 bits per heavy atom. The molecule has 0 radical (unpaired) electrons. The second-order valence-corrected chi connectivity index (χ2v) is 13.6. The van der Waals surface area contributed by atoms with Crippen molar-refractivity contribution >= 4 is 32.7 Å². The SMILES string of the molecule is c1ccc(-c2cc3ccccc3c3c2oc2c(Cc4ccc5c(c4)C4(c6ccccc6-c6ccccc64)c4ccccc4-5)cccc23)cc1. The van der Waals surface area contributed by atoms with Gasteiger partial charge in [-0.3, -0.25) is 0 Å². The summed E-state index contributed by atoms with van der Waals surface area (Å²) in [6, 6.07) is 62.5. The van der Waals surface area contributed by atoms with Crippen molar-refractivity contribution in [1.82, 2.24) is 0 Å². The van der Waals surface area contributed by atoms with E-state index in [0.717, 1.165) is 23.2 Å². The summed E-state index contributed by atoms with van der Waals surface area (Å²) in [7, 11) is 0. The van der Waals surface area contributed by atoms with Crippen LogP contribution in [0, 0.1) is 0 Å². The summed E-state index contributed by atoms with van der Waals surface area (Å²) in [5.74, 6) is 0. The summed E-state index contributed by atoms with van der Waals surface area (Å²) in [6.07, 6.45) is 0.777. The van der Waals surface area contributed by atoms with Crippen molar-refractivity contribution in [3.05, 3.63) is 203 Å². The van der Waals surface area contributed by atoms with Crippen LogP contribution in [-0.4, -0.2) is 0 Å². The van der Waals surface area contributed by atoms with Crippen LogP contribution in [0.15, 0.2) is 174 Å². The Kier molecular flexibility index (Phi) is 5.43. The summed E-state index contributed by atoms with van der Waals surface area (Å²) in [5, 5.41) is 4.81. The van der Waals surface area contributed by atoms with Crippen molar-refractivity contribution in [1.29, 1.82) is 0 Å². The molecule has 11 rings (SSSR count). The van der Waals surface area contributed by atoms with Crippen LogP contribution in [0.3, 0.4) is 0 Å². The van der Waals surface area contributed by atoms with Gasteiger partial charge < -0.3 is 4.42 Å². The fourth-order valence-electron chi connectivity index (χ4n) is 9.15. The molecule has 1 aromatic heterocycles. The van der Waals surface area contributed by atoms with E-state index in [0.29, 0.717) is 0 Å². The quantitative estimate of drug-likeness (QED) is 0.191. The molecule has 1 heteroatoms. The molecule has 0 saturated carbocycles. The Hall–Kier alpha value is -6.18. The van der Waals surface area contributed by atoms with Gasteiger partial charge in [0.1, 0.15) is 11.2 Å². The highest BCUT2D eigenvalue weighted by molar-refractivity contribution is 6.22. The molecule has 2 aliphatic carbocycles. The molecule has 1 spiro atoms. The molecule has 49 heavy (non-hydrogen) atoms. The highest BCUT2D eigenvalue weighted by Gasteiger charge is 2.51. The molecule has 0 bridgehead atoms. The van der Waals surface area contributed by atoms with Gasteiger partial charge in [0.2, 0.25) is 0 Å². The molecule has 1 nitrogen and oxygen atoms in total. The first-order valence-electron chi connectivity index (χ1n) is 17.1. The number of fused-ring (bicyclic) bond motifs is 15. The van der Waals surface area contributed by atoms with Crippen molar-refractivity contribution in [3.8, 4) is 33.4 Å². The number of hydrogen-bond acceptors (Lipinski definition) is 1. The minimum absolute atomic E-state index is 0.343. The molecule has 0 atom stereocenters. The molecule has 0 unspecified atom stereocenters. The first-order chi connectivity index (χ1) is 24.3. The second-order valence-electron chi connectivity index (χ2n) is 13.6. The van der Waals surface area contributed by atoms with Gasteiger partial charge in [-0.1, -0.05) is 164 Å². The zero-order valence-electron chi connectivity index (χ0n) is 26.8. The number of hydrogen-bond donors (Lipinski definition) is 0. The van der Waals surface area contributed by atoms with Crippen LogP contribution in [0.1, 0.15) is 33.4 Å². The lowest BCUT2D eigenvalue weighted by Crippen LogP contribution is -2.26. The van der Waals surface area contributed by atoms with Crippen molar-refractivity contribution in [2.45, 2.75) is 11.8 Å². The second kappa shape index (κ2) is 9.92. The molecule has 0 saturated heterocycles. The van der Waals surface area contributed by atoms with Crippen LogP contribution in [-0.2, 0) is 11.8 Å². The summed E-state index contributed by atoms with van der Waals surface area (Å²) in [6.45, 7) is 0. The average Bonchev–Trinajstić information content (AvgIpc) is 3.80. The summed E-state index contributed by atoms with van der Waals surface area (Å²) in [5.41, 5.74) is 17.2.